The van der Waals surface area contributed by atoms with Crippen molar-refractivity contribution in [1.82, 2.24) is 4.72 Å². The van der Waals surface area contributed by atoms with Crippen LogP contribution in [0.3, 0.4) is 0 Å². The summed E-state index contributed by atoms with van der Waals surface area (Å²) in [6.45, 7) is 3.60. The van der Waals surface area contributed by atoms with Crippen LogP contribution < -0.4 is 4.72 Å². The Morgan fingerprint density at radius 3 is 2.40 bits per heavy atom. The number of aliphatic hydroxyl groups is 2. The third-order valence-electron chi connectivity index (χ3n) is 2.84. The van der Waals surface area contributed by atoms with Gasteiger partial charge in [0.1, 0.15) is 4.90 Å². The zero-order valence-electron chi connectivity index (χ0n) is 11.4. The lowest BCUT2D eigenvalue weighted by atomic mass is 10.1. The molecule has 1 aromatic rings. The molecule has 20 heavy (non-hydrogen) atoms. The van der Waals surface area contributed by atoms with Gasteiger partial charge in [0.05, 0.1) is 17.2 Å². The van der Waals surface area contributed by atoms with Crippen molar-refractivity contribution >= 4 is 33.2 Å². The normalized spacial score (nSPS) is 15.2. The van der Waals surface area contributed by atoms with Crippen LogP contribution in [0, 0.1) is 13.8 Å². The van der Waals surface area contributed by atoms with Gasteiger partial charge in [-0.3, -0.25) is 0 Å². The van der Waals surface area contributed by atoms with Crippen molar-refractivity contribution in [3.05, 3.63) is 27.2 Å². The Labute approximate surface area is 128 Å². The number of aliphatic hydroxyl groups excluding tert-OH is 1. The van der Waals surface area contributed by atoms with Crippen molar-refractivity contribution in [2.24, 2.45) is 0 Å². The van der Waals surface area contributed by atoms with E-state index < -0.39 is 22.2 Å². The summed E-state index contributed by atoms with van der Waals surface area (Å²) in [5.41, 5.74) is -0.684. The standard InChI is InChI=1S/C12H17Cl2NO4S/c1-7-4-9(13)8(2)11(10(7)14)20(18,19)15-5-12(3,17)6-16/h4,15-17H,5-6H2,1-3H3. The maximum Gasteiger partial charge on any atom is 0.242 e. The number of aryl methyl sites for hydroxylation is 1. The molecule has 0 heterocycles. The Balaban J connectivity index is 3.24. The Hall–Kier alpha value is -0.370. The summed E-state index contributed by atoms with van der Waals surface area (Å²) in [6.07, 6.45) is 0. The molecule has 0 amide bonds. The fourth-order valence-electron chi connectivity index (χ4n) is 1.51. The van der Waals surface area contributed by atoms with Gasteiger partial charge in [-0.1, -0.05) is 23.2 Å². The van der Waals surface area contributed by atoms with E-state index in [0.29, 0.717) is 16.1 Å². The first kappa shape index (κ1) is 17.7. The van der Waals surface area contributed by atoms with Gasteiger partial charge in [-0.2, -0.15) is 0 Å². The number of nitrogens with one attached hydrogen (secondary N) is 1. The molecule has 0 aliphatic carbocycles. The first-order valence-electron chi connectivity index (χ1n) is 5.80. The minimum Gasteiger partial charge on any atom is -0.393 e. The van der Waals surface area contributed by atoms with E-state index in [2.05, 4.69) is 4.72 Å². The number of hydrogen-bond donors (Lipinski definition) is 3. The SMILES string of the molecule is Cc1cc(Cl)c(C)c(S(=O)(=O)NCC(C)(O)CO)c1Cl. The van der Waals surface area contributed by atoms with Crippen molar-refractivity contribution in [1.29, 1.82) is 0 Å². The van der Waals surface area contributed by atoms with Crippen LogP contribution in [0.25, 0.3) is 0 Å². The number of halogens is 2. The molecule has 1 atom stereocenters. The lowest BCUT2D eigenvalue weighted by molar-refractivity contribution is 0.00681. The van der Waals surface area contributed by atoms with Gasteiger partial charge in [-0.05, 0) is 38.0 Å². The molecular weight excluding hydrogens is 325 g/mol. The van der Waals surface area contributed by atoms with Gasteiger partial charge in [0.15, 0.2) is 0 Å². The Morgan fingerprint density at radius 2 is 1.90 bits per heavy atom. The molecule has 0 saturated carbocycles. The van der Waals surface area contributed by atoms with Crippen LogP contribution in [0.15, 0.2) is 11.0 Å². The van der Waals surface area contributed by atoms with Crippen LogP contribution in [-0.2, 0) is 10.0 Å². The van der Waals surface area contributed by atoms with Crippen LogP contribution in [0.4, 0.5) is 0 Å². The lowest BCUT2D eigenvalue weighted by Crippen LogP contribution is -2.43. The maximum absolute atomic E-state index is 12.3. The molecule has 0 bridgehead atoms. The second kappa shape index (κ2) is 6.17. The van der Waals surface area contributed by atoms with Crippen molar-refractivity contribution in [2.75, 3.05) is 13.2 Å². The monoisotopic (exact) mass is 341 g/mol. The second-order valence-corrected chi connectivity index (χ2v) is 7.41. The van der Waals surface area contributed by atoms with Crippen LogP contribution in [0.2, 0.25) is 10.0 Å². The molecule has 0 saturated heterocycles. The molecule has 0 spiro atoms. The fourth-order valence-corrected chi connectivity index (χ4v) is 3.88. The number of benzene rings is 1. The predicted octanol–water partition coefficient (Wildman–Crippen LogP) is 1.63. The fraction of sp³-hybridized carbons (Fsp3) is 0.500. The quantitative estimate of drug-likeness (QED) is 0.759. The molecule has 5 nitrogen and oxygen atoms in total. The number of sulfonamides is 1. The van der Waals surface area contributed by atoms with Crippen molar-refractivity contribution in [2.45, 2.75) is 31.3 Å². The summed E-state index contributed by atoms with van der Waals surface area (Å²) >= 11 is 12.0. The van der Waals surface area contributed by atoms with Gasteiger partial charge in [0.25, 0.3) is 0 Å². The minimum atomic E-state index is -3.95. The summed E-state index contributed by atoms with van der Waals surface area (Å²) in [4.78, 5) is -0.113. The highest BCUT2D eigenvalue weighted by molar-refractivity contribution is 7.89. The summed E-state index contributed by atoms with van der Waals surface area (Å²) in [5, 5.41) is 19.0. The van der Waals surface area contributed by atoms with Crippen LogP contribution in [0.1, 0.15) is 18.1 Å². The highest BCUT2D eigenvalue weighted by Gasteiger charge is 2.27. The van der Waals surface area contributed by atoms with Crippen LogP contribution >= 0.6 is 23.2 Å². The lowest BCUT2D eigenvalue weighted by Gasteiger charge is -2.21. The van der Waals surface area contributed by atoms with E-state index in [1.807, 2.05) is 0 Å². The molecule has 114 valence electrons. The highest BCUT2D eigenvalue weighted by atomic mass is 35.5. The highest BCUT2D eigenvalue weighted by Crippen LogP contribution is 2.33. The van der Waals surface area contributed by atoms with E-state index in [-0.39, 0.29) is 16.5 Å². The van der Waals surface area contributed by atoms with E-state index in [0.717, 1.165) is 0 Å². The van der Waals surface area contributed by atoms with E-state index in [1.54, 1.807) is 19.9 Å². The van der Waals surface area contributed by atoms with E-state index in [4.69, 9.17) is 28.3 Å². The van der Waals surface area contributed by atoms with Gasteiger partial charge in [-0.15, -0.1) is 0 Å². The average Bonchev–Trinajstić information content (AvgIpc) is 2.34. The summed E-state index contributed by atoms with van der Waals surface area (Å²) in [6, 6.07) is 1.59. The molecule has 8 heteroatoms. The van der Waals surface area contributed by atoms with Gasteiger partial charge in [-0.25, -0.2) is 13.1 Å². The van der Waals surface area contributed by atoms with Crippen molar-refractivity contribution in [3.8, 4) is 0 Å². The smallest absolute Gasteiger partial charge is 0.242 e. The number of rotatable bonds is 5. The topological polar surface area (TPSA) is 86.6 Å². The zero-order valence-corrected chi connectivity index (χ0v) is 13.7. The average molecular weight is 342 g/mol. The number of hydrogen-bond acceptors (Lipinski definition) is 4. The second-order valence-electron chi connectivity index (χ2n) is 4.92. The van der Waals surface area contributed by atoms with Gasteiger partial charge >= 0.3 is 0 Å². The van der Waals surface area contributed by atoms with E-state index in [9.17, 15) is 13.5 Å². The predicted molar refractivity (Wildman–Crippen MR) is 78.8 cm³/mol. The van der Waals surface area contributed by atoms with E-state index in [1.165, 1.54) is 6.92 Å². The molecule has 0 radical (unpaired) electrons. The molecule has 0 aliphatic heterocycles. The molecular formula is C12H17Cl2NO4S. The Morgan fingerprint density at radius 1 is 1.35 bits per heavy atom. The summed E-state index contributed by atoms with van der Waals surface area (Å²) in [7, 11) is -3.95. The van der Waals surface area contributed by atoms with Gasteiger partial charge in [0.2, 0.25) is 10.0 Å². The maximum atomic E-state index is 12.3. The minimum absolute atomic E-state index is 0.0861. The Kier molecular flexibility index (Phi) is 5.46. The van der Waals surface area contributed by atoms with Crippen molar-refractivity contribution in [3.63, 3.8) is 0 Å². The summed E-state index contributed by atoms with van der Waals surface area (Å²) in [5.74, 6) is 0. The molecule has 3 N–H and O–H groups in total. The third-order valence-corrected chi connectivity index (χ3v) is 5.40. The molecule has 0 aromatic heterocycles. The zero-order chi connectivity index (χ0) is 15.7. The molecule has 1 rings (SSSR count). The molecule has 0 fully saturated rings. The first-order chi connectivity index (χ1) is 9.02. The van der Waals surface area contributed by atoms with Gasteiger partial charge < -0.3 is 10.2 Å². The largest absolute Gasteiger partial charge is 0.393 e. The third kappa shape index (κ3) is 3.84. The van der Waals surface area contributed by atoms with E-state index >= 15 is 0 Å². The van der Waals surface area contributed by atoms with Crippen LogP contribution in [0.5, 0.6) is 0 Å². The molecule has 1 unspecified atom stereocenters. The first-order valence-corrected chi connectivity index (χ1v) is 8.04. The Bertz CT molecular complexity index is 588. The van der Waals surface area contributed by atoms with Crippen LogP contribution in [-0.4, -0.2) is 37.4 Å². The molecule has 0 aliphatic rings. The molecule has 1 aromatic carbocycles. The summed E-state index contributed by atoms with van der Waals surface area (Å²) < 4.78 is 26.8. The van der Waals surface area contributed by atoms with Gasteiger partial charge in [0, 0.05) is 11.6 Å². The van der Waals surface area contributed by atoms with Crippen molar-refractivity contribution < 1.29 is 18.6 Å².